The number of carbonyl (C=O) groups excluding carboxylic acids is 1. The lowest BCUT2D eigenvalue weighted by atomic mass is 10.0. The van der Waals surface area contributed by atoms with Crippen LogP contribution in [0, 0.1) is 0 Å². The highest BCUT2D eigenvalue weighted by Crippen LogP contribution is 2.07. The van der Waals surface area contributed by atoms with Gasteiger partial charge < -0.3 is 20.4 Å². The Morgan fingerprint density at radius 1 is 1.31 bits per heavy atom. The van der Waals surface area contributed by atoms with E-state index in [1.54, 1.807) is 0 Å². The van der Waals surface area contributed by atoms with Crippen molar-refractivity contribution < 1.29 is 29.6 Å². The second-order valence-electron chi connectivity index (χ2n) is 2.73. The molecule has 0 aromatic carbocycles. The molecule has 0 aliphatic rings. The third-order valence-corrected chi connectivity index (χ3v) is 1.63. The number of aliphatic hydroxyl groups is 4. The van der Waals surface area contributed by atoms with Crippen LogP contribution in [-0.4, -0.2) is 57.3 Å². The average Bonchev–Trinajstić information content (AvgIpc) is 2.12. The molecule has 0 aromatic rings. The minimum Gasteiger partial charge on any atom is -0.388 e. The molecule has 13 heavy (non-hydrogen) atoms. The molecule has 4 atom stereocenters. The molecule has 0 heterocycles. The van der Waals surface area contributed by atoms with E-state index < -0.39 is 36.9 Å². The quantitative estimate of drug-likeness (QED) is 0.407. The van der Waals surface area contributed by atoms with Crippen LogP contribution in [0.3, 0.4) is 0 Å². The van der Waals surface area contributed by atoms with Crippen LogP contribution in [0.4, 0.5) is 4.39 Å². The molecule has 0 saturated carbocycles. The van der Waals surface area contributed by atoms with Crippen molar-refractivity contribution >= 4 is 5.78 Å². The number of aliphatic hydroxyl groups excluding tert-OH is 4. The summed E-state index contributed by atoms with van der Waals surface area (Å²) >= 11 is 0. The Hall–Kier alpha value is -0.560. The van der Waals surface area contributed by atoms with Gasteiger partial charge in [-0.15, -0.1) is 0 Å². The van der Waals surface area contributed by atoms with Gasteiger partial charge in [-0.2, -0.15) is 0 Å². The molecule has 78 valence electrons. The molecule has 0 bridgehead atoms. The third-order valence-electron chi connectivity index (χ3n) is 1.63. The molecule has 0 aromatic heterocycles. The van der Waals surface area contributed by atoms with E-state index in [1.165, 1.54) is 0 Å². The van der Waals surface area contributed by atoms with Crippen molar-refractivity contribution in [1.29, 1.82) is 0 Å². The first-order valence-electron chi connectivity index (χ1n) is 3.73. The topological polar surface area (TPSA) is 98.0 Å². The van der Waals surface area contributed by atoms with Crippen molar-refractivity contribution in [3.05, 3.63) is 0 Å². The SMILES string of the molecule is CC(F)C(O)C(O)C(O)C(=O)CO. The summed E-state index contributed by atoms with van der Waals surface area (Å²) in [4.78, 5) is 10.6. The van der Waals surface area contributed by atoms with E-state index in [1.807, 2.05) is 0 Å². The van der Waals surface area contributed by atoms with Crippen molar-refractivity contribution in [2.24, 2.45) is 0 Å². The van der Waals surface area contributed by atoms with E-state index in [4.69, 9.17) is 20.4 Å². The minimum atomic E-state index is -1.96. The van der Waals surface area contributed by atoms with E-state index in [0.717, 1.165) is 6.92 Å². The summed E-state index contributed by atoms with van der Waals surface area (Å²) in [5.74, 6) is -1.06. The van der Waals surface area contributed by atoms with E-state index >= 15 is 0 Å². The van der Waals surface area contributed by atoms with E-state index in [2.05, 4.69) is 0 Å². The summed E-state index contributed by atoms with van der Waals surface area (Å²) in [6, 6.07) is 0. The monoisotopic (exact) mass is 196 g/mol. The molecular weight excluding hydrogens is 183 g/mol. The number of halogens is 1. The third kappa shape index (κ3) is 3.35. The van der Waals surface area contributed by atoms with Crippen LogP contribution >= 0.6 is 0 Å². The highest BCUT2D eigenvalue weighted by Gasteiger charge is 2.32. The van der Waals surface area contributed by atoms with Crippen LogP contribution in [0.25, 0.3) is 0 Å². The first-order valence-corrected chi connectivity index (χ1v) is 3.73. The molecule has 0 aliphatic carbocycles. The van der Waals surface area contributed by atoms with Gasteiger partial charge in [0, 0.05) is 0 Å². The smallest absolute Gasteiger partial charge is 0.189 e. The van der Waals surface area contributed by atoms with Gasteiger partial charge in [0.05, 0.1) is 0 Å². The van der Waals surface area contributed by atoms with Crippen molar-refractivity contribution in [3.8, 4) is 0 Å². The van der Waals surface area contributed by atoms with E-state index in [9.17, 15) is 9.18 Å². The Balaban J connectivity index is 4.24. The van der Waals surface area contributed by atoms with E-state index in [0.29, 0.717) is 0 Å². The summed E-state index contributed by atoms with van der Waals surface area (Å²) in [7, 11) is 0. The lowest BCUT2D eigenvalue weighted by Crippen LogP contribution is -2.46. The van der Waals surface area contributed by atoms with Gasteiger partial charge >= 0.3 is 0 Å². The number of carbonyl (C=O) groups is 1. The molecule has 5 nitrogen and oxygen atoms in total. The second kappa shape index (κ2) is 5.23. The number of alkyl halides is 1. The highest BCUT2D eigenvalue weighted by molar-refractivity contribution is 5.84. The number of hydrogen-bond donors (Lipinski definition) is 4. The zero-order valence-electron chi connectivity index (χ0n) is 7.09. The Labute approximate surface area is 74.4 Å². The van der Waals surface area contributed by atoms with Crippen LogP contribution in [0.1, 0.15) is 6.92 Å². The normalized spacial score (nSPS) is 20.5. The van der Waals surface area contributed by atoms with Gasteiger partial charge in [0.15, 0.2) is 5.78 Å². The van der Waals surface area contributed by atoms with Crippen LogP contribution in [-0.2, 0) is 4.79 Å². The molecule has 6 heteroatoms. The predicted octanol–water partition coefficient (Wildman–Crippen LogP) is -2.01. The summed E-state index contributed by atoms with van der Waals surface area (Å²) in [6.07, 6.45) is -7.49. The standard InChI is InChI=1S/C7H13FO5/c1-3(8)5(11)7(13)6(12)4(10)2-9/h3,5-7,9,11-13H,2H2,1H3. The van der Waals surface area contributed by atoms with Crippen molar-refractivity contribution in [1.82, 2.24) is 0 Å². The summed E-state index contributed by atoms with van der Waals surface area (Å²) in [5, 5.41) is 35.1. The number of ketones is 1. The molecule has 0 saturated heterocycles. The zero-order valence-corrected chi connectivity index (χ0v) is 7.09. The van der Waals surface area contributed by atoms with Crippen molar-refractivity contribution in [2.45, 2.75) is 31.4 Å². The maximum absolute atomic E-state index is 12.4. The fraction of sp³-hybridized carbons (Fsp3) is 0.857. The van der Waals surface area contributed by atoms with Crippen LogP contribution in [0.15, 0.2) is 0 Å². The Kier molecular flexibility index (Phi) is 5.01. The lowest BCUT2D eigenvalue weighted by Gasteiger charge is -2.22. The van der Waals surface area contributed by atoms with Gasteiger partial charge in [-0.1, -0.05) is 0 Å². The van der Waals surface area contributed by atoms with Gasteiger partial charge in [0.2, 0.25) is 0 Å². The Morgan fingerprint density at radius 2 is 1.77 bits per heavy atom. The first kappa shape index (κ1) is 12.4. The van der Waals surface area contributed by atoms with Gasteiger partial charge in [-0.3, -0.25) is 4.79 Å². The van der Waals surface area contributed by atoms with Gasteiger partial charge in [0.1, 0.15) is 31.1 Å². The Bertz CT molecular complexity index is 172. The molecule has 0 fully saturated rings. The Morgan fingerprint density at radius 3 is 2.08 bits per heavy atom. The number of hydrogen-bond acceptors (Lipinski definition) is 5. The minimum absolute atomic E-state index is 0.967. The van der Waals surface area contributed by atoms with Gasteiger partial charge in [-0.05, 0) is 6.92 Å². The molecular formula is C7H13FO5. The van der Waals surface area contributed by atoms with Crippen molar-refractivity contribution in [2.75, 3.05) is 6.61 Å². The largest absolute Gasteiger partial charge is 0.388 e. The molecule has 0 aliphatic heterocycles. The van der Waals surface area contributed by atoms with Gasteiger partial charge in [0.25, 0.3) is 0 Å². The number of Topliss-reactive ketones (excluding diaryl/α,β-unsaturated/α-hetero) is 1. The maximum atomic E-state index is 12.4. The lowest BCUT2D eigenvalue weighted by molar-refractivity contribution is -0.143. The van der Waals surface area contributed by atoms with Crippen LogP contribution < -0.4 is 0 Å². The molecule has 0 spiro atoms. The molecule has 4 N–H and O–H groups in total. The summed E-state index contributed by atoms with van der Waals surface area (Å²) in [5.41, 5.74) is 0. The second-order valence-corrected chi connectivity index (χ2v) is 2.73. The van der Waals surface area contributed by atoms with Gasteiger partial charge in [-0.25, -0.2) is 4.39 Å². The van der Waals surface area contributed by atoms with Crippen LogP contribution in [0.5, 0.6) is 0 Å². The van der Waals surface area contributed by atoms with Crippen LogP contribution in [0.2, 0.25) is 0 Å². The maximum Gasteiger partial charge on any atom is 0.189 e. The molecule has 0 radical (unpaired) electrons. The van der Waals surface area contributed by atoms with E-state index in [-0.39, 0.29) is 0 Å². The zero-order chi connectivity index (χ0) is 10.6. The molecule has 0 rings (SSSR count). The predicted molar refractivity (Wildman–Crippen MR) is 40.7 cm³/mol. The summed E-state index contributed by atoms with van der Waals surface area (Å²) < 4.78 is 12.4. The number of rotatable bonds is 5. The molecule has 0 amide bonds. The fourth-order valence-electron chi connectivity index (χ4n) is 0.742. The van der Waals surface area contributed by atoms with Crippen molar-refractivity contribution in [3.63, 3.8) is 0 Å². The molecule has 4 unspecified atom stereocenters. The average molecular weight is 196 g/mol. The fourth-order valence-corrected chi connectivity index (χ4v) is 0.742. The first-order chi connectivity index (χ1) is 5.91. The highest BCUT2D eigenvalue weighted by atomic mass is 19.1. The summed E-state index contributed by atoms with van der Waals surface area (Å²) in [6.45, 7) is 0.00957.